The maximum atomic E-state index is 4.48. The maximum absolute atomic E-state index is 4.48. The fourth-order valence-corrected chi connectivity index (χ4v) is 2.28. The Bertz CT molecular complexity index is 421. The van der Waals surface area contributed by atoms with E-state index >= 15 is 0 Å². The highest BCUT2D eigenvalue weighted by Gasteiger charge is 2.17. The molecule has 0 fully saturated rings. The van der Waals surface area contributed by atoms with E-state index < -0.39 is 0 Å². The van der Waals surface area contributed by atoms with Gasteiger partial charge in [-0.2, -0.15) is 0 Å². The molecule has 0 saturated carbocycles. The summed E-state index contributed by atoms with van der Waals surface area (Å²) in [4.78, 5) is 6.96. The van der Waals surface area contributed by atoms with Gasteiger partial charge < -0.3 is 10.2 Å². The molecule has 3 nitrogen and oxygen atoms in total. The molecule has 114 valence electrons. The van der Waals surface area contributed by atoms with Crippen LogP contribution in [0.4, 0.5) is 5.69 Å². The third kappa shape index (κ3) is 4.78. The average molecular weight is 277 g/mol. The van der Waals surface area contributed by atoms with Crippen LogP contribution in [0.1, 0.15) is 59.2 Å². The lowest BCUT2D eigenvalue weighted by Crippen LogP contribution is -2.37. The molecular formula is C17H31N3. The Morgan fingerprint density at radius 2 is 1.95 bits per heavy atom. The van der Waals surface area contributed by atoms with Crippen molar-refractivity contribution in [2.24, 2.45) is 0 Å². The van der Waals surface area contributed by atoms with Crippen molar-refractivity contribution >= 4 is 5.69 Å². The smallest absolute Gasteiger partial charge is 0.0447 e. The van der Waals surface area contributed by atoms with Crippen molar-refractivity contribution in [2.75, 3.05) is 11.4 Å². The highest BCUT2D eigenvalue weighted by atomic mass is 15.2. The Hall–Kier alpha value is -1.09. The van der Waals surface area contributed by atoms with Crippen molar-refractivity contribution < 1.29 is 0 Å². The molecule has 0 aromatic carbocycles. The van der Waals surface area contributed by atoms with Crippen LogP contribution in [0.3, 0.4) is 0 Å². The Morgan fingerprint density at radius 3 is 2.45 bits per heavy atom. The zero-order chi connectivity index (χ0) is 15.3. The third-order valence-corrected chi connectivity index (χ3v) is 3.68. The zero-order valence-corrected chi connectivity index (χ0v) is 14.2. The van der Waals surface area contributed by atoms with E-state index in [0.29, 0.717) is 6.04 Å². The van der Waals surface area contributed by atoms with Crippen LogP contribution in [0.5, 0.6) is 0 Å². The molecule has 3 heteroatoms. The number of anilines is 1. The van der Waals surface area contributed by atoms with E-state index in [0.717, 1.165) is 25.2 Å². The molecule has 0 aliphatic carbocycles. The van der Waals surface area contributed by atoms with E-state index in [1.54, 1.807) is 0 Å². The van der Waals surface area contributed by atoms with Gasteiger partial charge in [-0.3, -0.25) is 4.98 Å². The quantitative estimate of drug-likeness (QED) is 0.854. The number of rotatable bonds is 6. The molecule has 1 atom stereocenters. The summed E-state index contributed by atoms with van der Waals surface area (Å²) >= 11 is 0. The van der Waals surface area contributed by atoms with Crippen molar-refractivity contribution in [3.63, 3.8) is 0 Å². The van der Waals surface area contributed by atoms with Crippen molar-refractivity contribution in [2.45, 2.75) is 73.0 Å². The van der Waals surface area contributed by atoms with Gasteiger partial charge in [0.2, 0.25) is 0 Å². The lowest BCUT2D eigenvalue weighted by atomic mass is 10.1. The lowest BCUT2D eigenvalue weighted by Gasteiger charge is -2.32. The van der Waals surface area contributed by atoms with Gasteiger partial charge in [0, 0.05) is 47.8 Å². The van der Waals surface area contributed by atoms with Crippen LogP contribution in [-0.4, -0.2) is 23.1 Å². The summed E-state index contributed by atoms with van der Waals surface area (Å²) in [6, 6.07) is 2.77. The second-order valence-electron chi connectivity index (χ2n) is 6.60. The first-order valence-corrected chi connectivity index (χ1v) is 7.75. The number of nitrogens with zero attached hydrogens (tertiary/aromatic N) is 2. The van der Waals surface area contributed by atoms with Crippen molar-refractivity contribution in [3.8, 4) is 0 Å². The van der Waals surface area contributed by atoms with Gasteiger partial charge in [-0.05, 0) is 54.0 Å². The molecule has 0 bridgehead atoms. The van der Waals surface area contributed by atoms with Gasteiger partial charge >= 0.3 is 0 Å². The van der Waals surface area contributed by atoms with Gasteiger partial charge in [0.1, 0.15) is 0 Å². The van der Waals surface area contributed by atoms with Crippen molar-refractivity contribution in [1.29, 1.82) is 0 Å². The highest BCUT2D eigenvalue weighted by molar-refractivity contribution is 5.54. The van der Waals surface area contributed by atoms with Crippen LogP contribution < -0.4 is 10.2 Å². The maximum Gasteiger partial charge on any atom is 0.0447 e. The zero-order valence-electron chi connectivity index (χ0n) is 14.2. The van der Waals surface area contributed by atoms with E-state index in [-0.39, 0.29) is 5.54 Å². The van der Waals surface area contributed by atoms with Gasteiger partial charge in [0.25, 0.3) is 0 Å². The van der Waals surface area contributed by atoms with Gasteiger partial charge in [0.05, 0.1) is 0 Å². The molecule has 1 aromatic rings. The molecule has 1 N–H and O–H groups in total. The van der Waals surface area contributed by atoms with E-state index in [9.17, 15) is 0 Å². The monoisotopic (exact) mass is 277 g/mol. The molecule has 1 aromatic heterocycles. The van der Waals surface area contributed by atoms with E-state index in [1.807, 2.05) is 6.20 Å². The van der Waals surface area contributed by atoms with E-state index in [4.69, 9.17) is 0 Å². The summed E-state index contributed by atoms with van der Waals surface area (Å²) in [7, 11) is 0. The molecule has 1 heterocycles. The summed E-state index contributed by atoms with van der Waals surface area (Å²) in [6.45, 7) is 17.3. The molecule has 0 amide bonds. The lowest BCUT2D eigenvalue weighted by molar-refractivity contribution is 0.423. The molecule has 1 rings (SSSR count). The Labute approximate surface area is 124 Å². The third-order valence-electron chi connectivity index (χ3n) is 3.68. The fourth-order valence-electron chi connectivity index (χ4n) is 2.28. The molecule has 0 radical (unpaired) electrons. The summed E-state index contributed by atoms with van der Waals surface area (Å²) in [6.07, 6.45) is 3.18. The van der Waals surface area contributed by atoms with Crippen LogP contribution in [0.15, 0.2) is 12.3 Å². The molecule has 0 saturated heterocycles. The van der Waals surface area contributed by atoms with Gasteiger partial charge in [-0.1, -0.05) is 6.92 Å². The van der Waals surface area contributed by atoms with Gasteiger partial charge in [0.15, 0.2) is 0 Å². The first-order valence-electron chi connectivity index (χ1n) is 7.75. The van der Waals surface area contributed by atoms with Crippen molar-refractivity contribution in [1.82, 2.24) is 10.3 Å². The van der Waals surface area contributed by atoms with Crippen LogP contribution in [-0.2, 0) is 6.54 Å². The minimum Gasteiger partial charge on any atom is -0.369 e. The summed E-state index contributed by atoms with van der Waals surface area (Å²) in [5, 5.41) is 3.57. The predicted molar refractivity (Wildman–Crippen MR) is 88.3 cm³/mol. The Morgan fingerprint density at radius 1 is 1.30 bits per heavy atom. The number of hydrogen-bond donors (Lipinski definition) is 1. The first-order chi connectivity index (χ1) is 9.28. The number of aromatic nitrogens is 1. The molecular weight excluding hydrogens is 246 g/mol. The highest BCUT2D eigenvalue weighted by Crippen LogP contribution is 2.24. The number of hydrogen-bond acceptors (Lipinski definition) is 3. The largest absolute Gasteiger partial charge is 0.369 e. The van der Waals surface area contributed by atoms with E-state index in [1.165, 1.54) is 11.3 Å². The number of aryl methyl sites for hydroxylation is 1. The normalized spacial score (nSPS) is 13.3. The molecule has 0 aliphatic heterocycles. The molecule has 0 aliphatic rings. The van der Waals surface area contributed by atoms with Crippen LogP contribution in [0.2, 0.25) is 0 Å². The summed E-state index contributed by atoms with van der Waals surface area (Å²) < 4.78 is 0. The second kappa shape index (κ2) is 7.07. The number of nitrogens with one attached hydrogen (secondary N) is 1. The van der Waals surface area contributed by atoms with Gasteiger partial charge in [-0.25, -0.2) is 0 Å². The minimum atomic E-state index is 0.121. The number of pyridine rings is 1. The van der Waals surface area contributed by atoms with Crippen LogP contribution in [0, 0.1) is 6.92 Å². The average Bonchev–Trinajstić information content (AvgIpc) is 2.37. The Kier molecular flexibility index (Phi) is 6.00. The fraction of sp³-hybridized carbons (Fsp3) is 0.706. The molecule has 1 unspecified atom stereocenters. The SMILES string of the molecule is CCC(C)N(CC)c1cc(C)ncc1CNC(C)(C)C. The molecule has 0 spiro atoms. The first kappa shape index (κ1) is 17.0. The van der Waals surface area contributed by atoms with Gasteiger partial charge in [-0.15, -0.1) is 0 Å². The predicted octanol–water partition coefficient (Wildman–Crippen LogP) is 3.90. The van der Waals surface area contributed by atoms with Crippen LogP contribution >= 0.6 is 0 Å². The minimum absolute atomic E-state index is 0.121. The molecule has 20 heavy (non-hydrogen) atoms. The Balaban J connectivity index is 3.06. The topological polar surface area (TPSA) is 28.2 Å². The standard InChI is InChI=1S/C17H31N3/c1-8-14(4)20(9-2)16-10-13(3)18-11-15(16)12-19-17(5,6)7/h10-11,14,19H,8-9,12H2,1-7H3. The second-order valence-corrected chi connectivity index (χ2v) is 6.60. The van der Waals surface area contributed by atoms with Crippen molar-refractivity contribution in [3.05, 3.63) is 23.5 Å². The summed E-state index contributed by atoms with van der Waals surface area (Å²) in [5.74, 6) is 0. The van der Waals surface area contributed by atoms with Crippen LogP contribution in [0.25, 0.3) is 0 Å². The van der Waals surface area contributed by atoms with E-state index in [2.05, 4.69) is 69.7 Å². The summed E-state index contributed by atoms with van der Waals surface area (Å²) in [5.41, 5.74) is 3.82.